The van der Waals surface area contributed by atoms with Crippen molar-refractivity contribution in [1.29, 1.82) is 0 Å². The molecule has 0 aromatic heterocycles. The highest BCUT2D eigenvalue weighted by atomic mass is 16.5. The first-order chi connectivity index (χ1) is 8.47. The summed E-state index contributed by atoms with van der Waals surface area (Å²) in [6, 6.07) is 4.17. The van der Waals surface area contributed by atoms with Crippen molar-refractivity contribution in [1.82, 2.24) is 0 Å². The average molecular weight is 246 g/mol. The molecule has 1 aromatic carbocycles. The molecule has 0 radical (unpaired) electrons. The molecule has 0 amide bonds. The van der Waals surface area contributed by atoms with Crippen molar-refractivity contribution in [2.24, 2.45) is 0 Å². The molecule has 98 valence electrons. The fourth-order valence-electron chi connectivity index (χ4n) is 3.03. The van der Waals surface area contributed by atoms with Gasteiger partial charge < -0.3 is 4.74 Å². The number of methoxy groups -OCH3 is 1. The van der Waals surface area contributed by atoms with Gasteiger partial charge >= 0.3 is 0 Å². The Morgan fingerprint density at radius 1 is 1.22 bits per heavy atom. The van der Waals surface area contributed by atoms with Crippen molar-refractivity contribution in [3.63, 3.8) is 0 Å². The largest absolute Gasteiger partial charge is 0.378 e. The van der Waals surface area contributed by atoms with Gasteiger partial charge in [-0.05, 0) is 51.2 Å². The summed E-state index contributed by atoms with van der Waals surface area (Å²) in [4.78, 5) is 12.5. The molecular weight excluding hydrogens is 224 g/mol. The van der Waals surface area contributed by atoms with Crippen LogP contribution in [0.25, 0.3) is 0 Å². The number of ether oxygens (including phenoxy) is 1. The van der Waals surface area contributed by atoms with Crippen molar-refractivity contribution in [2.75, 3.05) is 7.11 Å². The molecule has 0 bridgehead atoms. The summed E-state index contributed by atoms with van der Waals surface area (Å²) in [7, 11) is 1.72. The molecule has 0 heterocycles. The Morgan fingerprint density at radius 3 is 2.17 bits per heavy atom. The molecule has 1 aliphatic carbocycles. The molecular formula is C16H22O2. The second-order valence-corrected chi connectivity index (χ2v) is 5.61. The molecule has 18 heavy (non-hydrogen) atoms. The van der Waals surface area contributed by atoms with Crippen LogP contribution < -0.4 is 0 Å². The fraction of sp³-hybridized carbons (Fsp3) is 0.562. The zero-order chi connectivity index (χ0) is 13.3. The van der Waals surface area contributed by atoms with E-state index in [1.807, 2.05) is 13.8 Å². The standard InChI is InChI=1S/C16H22O2/c1-11-8-12(2)15(13(3)9-11)14(17)10-16(18-4)6-5-7-16/h8-9H,5-7,10H2,1-4H3. The second-order valence-electron chi connectivity index (χ2n) is 5.61. The Labute approximate surface area is 109 Å². The van der Waals surface area contributed by atoms with Gasteiger partial charge in [-0.25, -0.2) is 0 Å². The summed E-state index contributed by atoms with van der Waals surface area (Å²) in [5.41, 5.74) is 4.10. The molecule has 0 N–H and O–H groups in total. The molecule has 0 saturated heterocycles. The van der Waals surface area contributed by atoms with Gasteiger partial charge in [-0.2, -0.15) is 0 Å². The summed E-state index contributed by atoms with van der Waals surface area (Å²) in [6.45, 7) is 6.11. The van der Waals surface area contributed by atoms with Crippen molar-refractivity contribution in [3.05, 3.63) is 34.4 Å². The van der Waals surface area contributed by atoms with Gasteiger partial charge in [-0.3, -0.25) is 4.79 Å². The van der Waals surface area contributed by atoms with Crippen molar-refractivity contribution < 1.29 is 9.53 Å². The average Bonchev–Trinajstić information content (AvgIpc) is 2.21. The predicted molar refractivity (Wildman–Crippen MR) is 73.2 cm³/mol. The van der Waals surface area contributed by atoms with Crippen LogP contribution >= 0.6 is 0 Å². The monoisotopic (exact) mass is 246 g/mol. The van der Waals surface area contributed by atoms with Gasteiger partial charge in [0.15, 0.2) is 5.78 Å². The lowest BCUT2D eigenvalue weighted by molar-refractivity contribution is -0.0705. The van der Waals surface area contributed by atoms with Crippen LogP contribution in [0.15, 0.2) is 12.1 Å². The number of hydrogen-bond acceptors (Lipinski definition) is 2. The van der Waals surface area contributed by atoms with Crippen LogP contribution in [0.1, 0.15) is 52.7 Å². The van der Waals surface area contributed by atoms with Crippen LogP contribution in [0.4, 0.5) is 0 Å². The molecule has 2 heteroatoms. The topological polar surface area (TPSA) is 26.3 Å². The third-order valence-corrected chi connectivity index (χ3v) is 4.14. The maximum Gasteiger partial charge on any atom is 0.166 e. The first kappa shape index (κ1) is 13.3. The van der Waals surface area contributed by atoms with Gasteiger partial charge in [0.25, 0.3) is 0 Å². The number of carbonyl (C=O) groups excluding carboxylic acids is 1. The molecule has 1 saturated carbocycles. The van der Waals surface area contributed by atoms with Crippen LogP contribution in [0, 0.1) is 20.8 Å². The molecule has 0 spiro atoms. The highest BCUT2D eigenvalue weighted by Crippen LogP contribution is 2.39. The molecule has 1 aromatic rings. The zero-order valence-corrected chi connectivity index (χ0v) is 11.8. The Morgan fingerprint density at radius 2 is 1.78 bits per heavy atom. The lowest BCUT2D eigenvalue weighted by Gasteiger charge is -2.40. The molecule has 2 rings (SSSR count). The second kappa shape index (κ2) is 4.85. The third kappa shape index (κ3) is 2.35. The minimum Gasteiger partial charge on any atom is -0.378 e. The van der Waals surface area contributed by atoms with Crippen LogP contribution in [0.2, 0.25) is 0 Å². The zero-order valence-electron chi connectivity index (χ0n) is 11.8. The lowest BCUT2D eigenvalue weighted by Crippen LogP contribution is -2.41. The quantitative estimate of drug-likeness (QED) is 0.756. The van der Waals surface area contributed by atoms with E-state index >= 15 is 0 Å². The van der Waals surface area contributed by atoms with E-state index in [0.29, 0.717) is 6.42 Å². The molecule has 2 nitrogen and oxygen atoms in total. The lowest BCUT2D eigenvalue weighted by atomic mass is 9.75. The normalized spacial score (nSPS) is 17.3. The first-order valence-corrected chi connectivity index (χ1v) is 6.64. The maximum absolute atomic E-state index is 12.5. The minimum atomic E-state index is -0.180. The van der Waals surface area contributed by atoms with Crippen molar-refractivity contribution in [3.8, 4) is 0 Å². The maximum atomic E-state index is 12.5. The minimum absolute atomic E-state index is 0.180. The third-order valence-electron chi connectivity index (χ3n) is 4.14. The van der Waals surface area contributed by atoms with Gasteiger partial charge in [0.05, 0.1) is 5.60 Å². The van der Waals surface area contributed by atoms with Crippen LogP contribution in [0.3, 0.4) is 0 Å². The molecule has 1 fully saturated rings. The Bertz CT molecular complexity index is 441. The van der Waals surface area contributed by atoms with Gasteiger partial charge in [0.2, 0.25) is 0 Å². The Hall–Kier alpha value is -1.15. The summed E-state index contributed by atoms with van der Waals surface area (Å²) in [5, 5.41) is 0. The number of carbonyl (C=O) groups is 1. The predicted octanol–water partition coefficient (Wildman–Crippen LogP) is 3.75. The molecule has 0 unspecified atom stereocenters. The summed E-state index contributed by atoms with van der Waals surface area (Å²) in [5.74, 6) is 0.228. The van der Waals surface area contributed by atoms with Crippen molar-refractivity contribution >= 4 is 5.78 Å². The summed E-state index contributed by atoms with van der Waals surface area (Å²) < 4.78 is 5.55. The number of aryl methyl sites for hydroxylation is 3. The molecule has 0 atom stereocenters. The van der Waals surface area contributed by atoms with E-state index in [1.54, 1.807) is 7.11 Å². The van der Waals surface area contributed by atoms with Gasteiger partial charge in [0, 0.05) is 19.1 Å². The summed E-state index contributed by atoms with van der Waals surface area (Å²) >= 11 is 0. The van der Waals surface area contributed by atoms with E-state index in [4.69, 9.17) is 4.74 Å². The number of ketones is 1. The number of hydrogen-bond donors (Lipinski definition) is 0. The van der Waals surface area contributed by atoms with Gasteiger partial charge in [0.1, 0.15) is 0 Å². The highest BCUT2D eigenvalue weighted by Gasteiger charge is 2.39. The van der Waals surface area contributed by atoms with E-state index in [1.165, 1.54) is 12.0 Å². The first-order valence-electron chi connectivity index (χ1n) is 6.64. The number of rotatable bonds is 4. The SMILES string of the molecule is COC1(CC(=O)c2c(C)cc(C)cc2C)CCC1. The van der Waals surface area contributed by atoms with Crippen molar-refractivity contribution in [2.45, 2.75) is 52.1 Å². The summed E-state index contributed by atoms with van der Waals surface area (Å²) in [6.07, 6.45) is 3.72. The van der Waals surface area contributed by atoms with E-state index < -0.39 is 0 Å². The Balaban J connectivity index is 2.24. The van der Waals surface area contributed by atoms with Crippen LogP contribution in [-0.2, 0) is 4.74 Å². The van der Waals surface area contributed by atoms with Gasteiger partial charge in [-0.1, -0.05) is 17.7 Å². The highest BCUT2D eigenvalue weighted by molar-refractivity contribution is 5.99. The van der Waals surface area contributed by atoms with Crippen LogP contribution in [0.5, 0.6) is 0 Å². The van der Waals surface area contributed by atoms with E-state index in [9.17, 15) is 4.79 Å². The smallest absolute Gasteiger partial charge is 0.166 e. The number of Topliss-reactive ketones (excluding diaryl/α,β-unsaturated/α-hetero) is 1. The van der Waals surface area contributed by atoms with E-state index in [-0.39, 0.29) is 11.4 Å². The Kier molecular flexibility index (Phi) is 3.58. The van der Waals surface area contributed by atoms with E-state index in [0.717, 1.165) is 29.5 Å². The van der Waals surface area contributed by atoms with Crippen LogP contribution in [-0.4, -0.2) is 18.5 Å². The number of benzene rings is 1. The molecule has 0 aliphatic heterocycles. The fourth-order valence-corrected chi connectivity index (χ4v) is 3.03. The van der Waals surface area contributed by atoms with E-state index in [2.05, 4.69) is 19.1 Å². The van der Waals surface area contributed by atoms with Gasteiger partial charge in [-0.15, -0.1) is 0 Å². The molecule has 1 aliphatic rings.